The van der Waals surface area contributed by atoms with Crippen LogP contribution in [0.25, 0.3) is 0 Å². The van der Waals surface area contributed by atoms with Crippen LogP contribution in [0.15, 0.2) is 24.3 Å². The fraction of sp³-hybridized carbons (Fsp3) is 0.562. The molecule has 0 aromatic heterocycles. The third-order valence-corrected chi connectivity index (χ3v) is 4.15. The maximum Gasteiger partial charge on any atom is 0.222 e. The van der Waals surface area contributed by atoms with Crippen LogP contribution in [0.4, 0.5) is 5.69 Å². The van der Waals surface area contributed by atoms with Gasteiger partial charge in [0, 0.05) is 25.7 Å². The highest BCUT2D eigenvalue weighted by atomic mass is 16.3. The van der Waals surface area contributed by atoms with E-state index in [4.69, 9.17) is 5.73 Å². The van der Waals surface area contributed by atoms with Gasteiger partial charge in [0.2, 0.25) is 5.91 Å². The number of rotatable bonds is 5. The van der Waals surface area contributed by atoms with Crippen molar-refractivity contribution < 1.29 is 9.90 Å². The zero-order valence-electron chi connectivity index (χ0n) is 12.1. The van der Waals surface area contributed by atoms with Crippen molar-refractivity contribution >= 4 is 11.6 Å². The number of amides is 1. The molecule has 3 N–H and O–H groups in total. The summed E-state index contributed by atoms with van der Waals surface area (Å²) in [5.74, 6) is 0.0635. The van der Waals surface area contributed by atoms with Crippen LogP contribution in [-0.4, -0.2) is 35.1 Å². The zero-order chi connectivity index (χ0) is 14.6. The van der Waals surface area contributed by atoms with E-state index in [9.17, 15) is 9.90 Å². The molecule has 0 atom stereocenters. The first-order valence-corrected chi connectivity index (χ1v) is 7.30. The molecule has 0 bridgehead atoms. The Hall–Kier alpha value is -1.55. The number of nitrogen functional groups attached to an aromatic ring is 1. The Balaban J connectivity index is 1.84. The Morgan fingerprint density at radius 3 is 2.65 bits per heavy atom. The number of carbonyl (C=O) groups excluding carboxylic acids is 1. The van der Waals surface area contributed by atoms with E-state index in [0.717, 1.165) is 36.9 Å². The monoisotopic (exact) mass is 276 g/mol. The van der Waals surface area contributed by atoms with Gasteiger partial charge in [-0.1, -0.05) is 31.0 Å². The molecule has 2 rings (SSSR count). The normalized spacial score (nSPS) is 17.1. The third-order valence-electron chi connectivity index (χ3n) is 4.15. The number of aryl methyl sites for hydroxylation is 1. The molecule has 0 spiro atoms. The first-order chi connectivity index (χ1) is 9.50. The number of anilines is 1. The predicted octanol–water partition coefficient (Wildman–Crippen LogP) is 1.96. The quantitative estimate of drug-likeness (QED) is 0.808. The molecule has 1 aromatic carbocycles. The number of hydrogen-bond donors (Lipinski definition) is 2. The minimum absolute atomic E-state index is 0.0635. The molecule has 1 aliphatic rings. The summed E-state index contributed by atoms with van der Waals surface area (Å²) in [6, 6.07) is 7.63. The highest BCUT2D eigenvalue weighted by Crippen LogP contribution is 2.30. The first-order valence-electron chi connectivity index (χ1n) is 7.30. The van der Waals surface area contributed by atoms with Crippen LogP contribution < -0.4 is 5.73 Å². The number of carbonyl (C=O) groups is 1. The maximum absolute atomic E-state index is 12.1. The summed E-state index contributed by atoms with van der Waals surface area (Å²) in [4.78, 5) is 13.8. The van der Waals surface area contributed by atoms with Crippen molar-refractivity contribution in [2.45, 2.75) is 44.1 Å². The molecule has 0 aliphatic heterocycles. The van der Waals surface area contributed by atoms with Gasteiger partial charge in [-0.25, -0.2) is 0 Å². The number of likely N-dealkylation sites (N-methyl/N-ethyl adjacent to an activating group) is 1. The standard InChI is InChI=1S/C16H24N2O2/c1-18(12-16(20)10-4-5-11-16)15(19)9-8-13-6-2-3-7-14(13)17/h2-3,6-7,20H,4-5,8-12,17H2,1H3. The summed E-state index contributed by atoms with van der Waals surface area (Å²) in [7, 11) is 1.77. The van der Waals surface area contributed by atoms with Gasteiger partial charge in [0.05, 0.1) is 5.60 Å². The van der Waals surface area contributed by atoms with E-state index < -0.39 is 5.60 Å². The SMILES string of the molecule is CN(CC1(O)CCCC1)C(=O)CCc1ccccc1N. The number of nitrogens with zero attached hydrogens (tertiary/aromatic N) is 1. The van der Waals surface area contributed by atoms with E-state index in [0.29, 0.717) is 19.4 Å². The predicted molar refractivity (Wildman–Crippen MR) is 80.2 cm³/mol. The lowest BCUT2D eigenvalue weighted by Gasteiger charge is -2.28. The highest BCUT2D eigenvalue weighted by Gasteiger charge is 2.33. The molecule has 1 amide bonds. The van der Waals surface area contributed by atoms with Gasteiger partial charge in [0.1, 0.15) is 0 Å². The summed E-state index contributed by atoms with van der Waals surface area (Å²) in [6.07, 6.45) is 4.79. The summed E-state index contributed by atoms with van der Waals surface area (Å²) in [5, 5.41) is 10.3. The number of para-hydroxylation sites is 1. The lowest BCUT2D eigenvalue weighted by atomic mass is 10.0. The fourth-order valence-electron chi connectivity index (χ4n) is 2.92. The maximum atomic E-state index is 12.1. The highest BCUT2D eigenvalue weighted by molar-refractivity contribution is 5.76. The Kier molecular flexibility index (Phi) is 4.65. The van der Waals surface area contributed by atoms with Gasteiger partial charge in [-0.3, -0.25) is 4.79 Å². The van der Waals surface area contributed by atoms with E-state index in [-0.39, 0.29) is 5.91 Å². The molecular formula is C16H24N2O2. The summed E-state index contributed by atoms with van der Waals surface area (Å²) < 4.78 is 0. The van der Waals surface area contributed by atoms with Crippen LogP contribution >= 0.6 is 0 Å². The van der Waals surface area contributed by atoms with Crippen molar-refractivity contribution in [2.75, 3.05) is 19.3 Å². The topological polar surface area (TPSA) is 66.6 Å². The first kappa shape index (κ1) is 14.9. The number of benzene rings is 1. The molecule has 4 nitrogen and oxygen atoms in total. The molecule has 1 fully saturated rings. The van der Waals surface area contributed by atoms with Gasteiger partial charge in [-0.2, -0.15) is 0 Å². The largest absolute Gasteiger partial charge is 0.399 e. The number of nitrogens with two attached hydrogens (primary N) is 1. The zero-order valence-corrected chi connectivity index (χ0v) is 12.1. The van der Waals surface area contributed by atoms with Gasteiger partial charge in [0.15, 0.2) is 0 Å². The van der Waals surface area contributed by atoms with E-state index in [1.165, 1.54) is 0 Å². The number of hydrogen-bond acceptors (Lipinski definition) is 3. The van der Waals surface area contributed by atoms with Gasteiger partial charge in [-0.05, 0) is 30.9 Å². The van der Waals surface area contributed by atoms with Gasteiger partial charge < -0.3 is 15.7 Å². The molecule has 0 radical (unpaired) electrons. The molecule has 0 saturated heterocycles. The van der Waals surface area contributed by atoms with Crippen molar-refractivity contribution in [1.82, 2.24) is 4.90 Å². The van der Waals surface area contributed by atoms with Gasteiger partial charge >= 0.3 is 0 Å². The van der Waals surface area contributed by atoms with Gasteiger partial charge in [-0.15, -0.1) is 0 Å². The number of aliphatic hydroxyl groups is 1. The van der Waals surface area contributed by atoms with Crippen molar-refractivity contribution in [1.29, 1.82) is 0 Å². The minimum atomic E-state index is -0.670. The molecule has 0 unspecified atom stereocenters. The second-order valence-electron chi connectivity index (χ2n) is 5.88. The molecule has 1 aliphatic carbocycles. The van der Waals surface area contributed by atoms with Crippen molar-refractivity contribution in [3.8, 4) is 0 Å². The molecule has 4 heteroatoms. The van der Waals surface area contributed by atoms with Crippen LogP contribution in [0.1, 0.15) is 37.7 Å². The molecule has 1 aromatic rings. The van der Waals surface area contributed by atoms with Crippen LogP contribution in [0.5, 0.6) is 0 Å². The third kappa shape index (κ3) is 3.73. The van der Waals surface area contributed by atoms with E-state index in [1.807, 2.05) is 24.3 Å². The molecular weight excluding hydrogens is 252 g/mol. The smallest absolute Gasteiger partial charge is 0.222 e. The molecule has 0 heterocycles. The van der Waals surface area contributed by atoms with Crippen LogP contribution in [0, 0.1) is 0 Å². The van der Waals surface area contributed by atoms with E-state index in [2.05, 4.69) is 0 Å². The fourth-order valence-corrected chi connectivity index (χ4v) is 2.92. The Morgan fingerprint density at radius 2 is 2.00 bits per heavy atom. The molecule has 1 saturated carbocycles. The lowest BCUT2D eigenvalue weighted by Crippen LogP contribution is -2.42. The van der Waals surface area contributed by atoms with Gasteiger partial charge in [0.25, 0.3) is 0 Å². The summed E-state index contributed by atoms with van der Waals surface area (Å²) >= 11 is 0. The Labute approximate surface area is 120 Å². The van der Waals surface area contributed by atoms with Crippen LogP contribution in [0.3, 0.4) is 0 Å². The molecule has 110 valence electrons. The Morgan fingerprint density at radius 1 is 1.35 bits per heavy atom. The second kappa shape index (κ2) is 6.27. The van der Waals surface area contributed by atoms with E-state index in [1.54, 1.807) is 11.9 Å². The summed E-state index contributed by atoms with van der Waals surface area (Å²) in [6.45, 7) is 0.441. The van der Waals surface area contributed by atoms with Crippen molar-refractivity contribution in [3.63, 3.8) is 0 Å². The molecule has 20 heavy (non-hydrogen) atoms. The van der Waals surface area contributed by atoms with Crippen LogP contribution in [0.2, 0.25) is 0 Å². The summed E-state index contributed by atoms with van der Waals surface area (Å²) in [5.41, 5.74) is 6.94. The van der Waals surface area contributed by atoms with Crippen molar-refractivity contribution in [3.05, 3.63) is 29.8 Å². The second-order valence-corrected chi connectivity index (χ2v) is 5.88. The minimum Gasteiger partial charge on any atom is -0.399 e. The van der Waals surface area contributed by atoms with Crippen LogP contribution in [-0.2, 0) is 11.2 Å². The average molecular weight is 276 g/mol. The van der Waals surface area contributed by atoms with E-state index >= 15 is 0 Å². The average Bonchev–Trinajstić information content (AvgIpc) is 2.84. The van der Waals surface area contributed by atoms with Crippen molar-refractivity contribution in [2.24, 2.45) is 0 Å². The Bertz CT molecular complexity index is 467. The lowest BCUT2D eigenvalue weighted by molar-refractivity contribution is -0.133.